The van der Waals surface area contributed by atoms with Crippen LogP contribution in [0.15, 0.2) is 4.99 Å². The molecule has 0 aromatic heterocycles. The average Bonchev–Trinajstić information content (AvgIpc) is 2.98. The maximum absolute atomic E-state index is 5.86. The summed E-state index contributed by atoms with van der Waals surface area (Å²) in [7, 11) is 0. The van der Waals surface area contributed by atoms with Gasteiger partial charge in [0.15, 0.2) is 5.96 Å². The predicted molar refractivity (Wildman–Crippen MR) is 67.5 cm³/mol. The van der Waals surface area contributed by atoms with E-state index < -0.39 is 0 Å². The molecule has 0 aromatic rings. The average molecular weight is 224 g/mol. The molecule has 0 amide bonds. The Morgan fingerprint density at radius 1 is 1.44 bits per heavy atom. The second-order valence-electron chi connectivity index (χ2n) is 5.48. The van der Waals surface area contributed by atoms with Crippen molar-refractivity contribution in [1.82, 2.24) is 10.2 Å². The number of nitrogens with one attached hydrogen (secondary N) is 1. The van der Waals surface area contributed by atoms with Crippen LogP contribution >= 0.6 is 0 Å². The van der Waals surface area contributed by atoms with Crippen LogP contribution in [0.2, 0.25) is 0 Å². The van der Waals surface area contributed by atoms with Crippen LogP contribution in [0.25, 0.3) is 0 Å². The van der Waals surface area contributed by atoms with Crippen molar-refractivity contribution in [2.24, 2.45) is 16.6 Å². The number of guanidine groups is 1. The topological polar surface area (TPSA) is 53.6 Å². The summed E-state index contributed by atoms with van der Waals surface area (Å²) in [5.41, 5.74) is 5.86. The maximum Gasteiger partial charge on any atom is 0.188 e. The van der Waals surface area contributed by atoms with Crippen LogP contribution in [0.3, 0.4) is 0 Å². The van der Waals surface area contributed by atoms with E-state index in [4.69, 9.17) is 5.73 Å². The highest BCUT2D eigenvalue weighted by atomic mass is 15.2. The Bertz CT molecular complexity index is 258. The second kappa shape index (κ2) is 5.04. The zero-order chi connectivity index (χ0) is 11.5. The van der Waals surface area contributed by atoms with Gasteiger partial charge in [-0.3, -0.25) is 9.89 Å². The van der Waals surface area contributed by atoms with E-state index in [0.717, 1.165) is 19.1 Å². The van der Waals surface area contributed by atoms with Gasteiger partial charge in [-0.15, -0.1) is 0 Å². The molecule has 92 valence electrons. The molecule has 2 rings (SSSR count). The van der Waals surface area contributed by atoms with E-state index in [-0.39, 0.29) is 0 Å². The Labute approximate surface area is 98.3 Å². The number of nitrogens with two attached hydrogens (primary N) is 1. The molecule has 1 aliphatic heterocycles. The number of hydrogen-bond donors (Lipinski definition) is 2. The minimum Gasteiger partial charge on any atom is -0.370 e. The van der Waals surface area contributed by atoms with Crippen molar-refractivity contribution in [2.75, 3.05) is 19.6 Å². The Morgan fingerprint density at radius 2 is 2.19 bits per heavy atom. The van der Waals surface area contributed by atoms with Crippen molar-refractivity contribution >= 4 is 5.96 Å². The van der Waals surface area contributed by atoms with Crippen molar-refractivity contribution < 1.29 is 0 Å². The van der Waals surface area contributed by atoms with Crippen LogP contribution in [-0.2, 0) is 0 Å². The summed E-state index contributed by atoms with van der Waals surface area (Å²) in [5, 5.41) is 3.33. The summed E-state index contributed by atoms with van der Waals surface area (Å²) in [6.45, 7) is 7.49. The lowest BCUT2D eigenvalue weighted by molar-refractivity contribution is 0.321. The van der Waals surface area contributed by atoms with Gasteiger partial charge < -0.3 is 11.1 Å². The highest BCUT2D eigenvalue weighted by Gasteiger charge is 2.34. The van der Waals surface area contributed by atoms with Crippen molar-refractivity contribution in [2.45, 2.75) is 45.2 Å². The van der Waals surface area contributed by atoms with Crippen molar-refractivity contribution in [3.63, 3.8) is 0 Å². The van der Waals surface area contributed by atoms with Gasteiger partial charge >= 0.3 is 0 Å². The molecule has 1 aliphatic carbocycles. The van der Waals surface area contributed by atoms with Crippen LogP contribution < -0.4 is 11.1 Å². The first-order chi connectivity index (χ1) is 7.65. The standard InChI is InChI=1S/C12H24N4/c1-9(2)7-14-12(13)15-10-5-6-16(8-10)11-3-4-11/h9-11H,3-8H2,1-2H3,(H3,13,14,15). The van der Waals surface area contributed by atoms with Gasteiger partial charge in [0.05, 0.1) is 0 Å². The lowest BCUT2D eigenvalue weighted by atomic mass is 10.2. The minimum absolute atomic E-state index is 0.511. The fraction of sp³-hybridized carbons (Fsp3) is 0.917. The van der Waals surface area contributed by atoms with Crippen molar-refractivity contribution in [3.05, 3.63) is 0 Å². The molecular formula is C12H24N4. The lowest BCUT2D eigenvalue weighted by Gasteiger charge is -2.16. The van der Waals surface area contributed by atoms with E-state index in [0.29, 0.717) is 17.9 Å². The van der Waals surface area contributed by atoms with Gasteiger partial charge in [-0.1, -0.05) is 13.8 Å². The zero-order valence-corrected chi connectivity index (χ0v) is 10.4. The van der Waals surface area contributed by atoms with E-state index in [1.807, 2.05) is 0 Å². The third-order valence-electron chi connectivity index (χ3n) is 3.26. The minimum atomic E-state index is 0.511. The summed E-state index contributed by atoms with van der Waals surface area (Å²) in [4.78, 5) is 6.91. The molecule has 3 N–H and O–H groups in total. The highest BCUT2D eigenvalue weighted by Crippen LogP contribution is 2.29. The monoisotopic (exact) mass is 224 g/mol. The molecule has 1 saturated heterocycles. The third-order valence-corrected chi connectivity index (χ3v) is 3.26. The smallest absolute Gasteiger partial charge is 0.188 e. The van der Waals surface area contributed by atoms with E-state index in [2.05, 4.69) is 29.1 Å². The summed E-state index contributed by atoms with van der Waals surface area (Å²) >= 11 is 0. The van der Waals surface area contributed by atoms with Crippen molar-refractivity contribution in [3.8, 4) is 0 Å². The molecule has 16 heavy (non-hydrogen) atoms. The van der Waals surface area contributed by atoms with Gasteiger partial charge in [0.2, 0.25) is 0 Å². The molecule has 0 bridgehead atoms. The van der Waals surface area contributed by atoms with Crippen LogP contribution in [0.1, 0.15) is 33.1 Å². The number of likely N-dealkylation sites (tertiary alicyclic amines) is 1. The normalized spacial score (nSPS) is 27.7. The molecule has 0 spiro atoms. The van der Waals surface area contributed by atoms with E-state index in [1.54, 1.807) is 0 Å². The van der Waals surface area contributed by atoms with E-state index in [1.165, 1.54) is 25.8 Å². The quantitative estimate of drug-likeness (QED) is 0.548. The van der Waals surface area contributed by atoms with Gasteiger partial charge in [0.1, 0.15) is 0 Å². The molecular weight excluding hydrogens is 200 g/mol. The zero-order valence-electron chi connectivity index (χ0n) is 10.4. The van der Waals surface area contributed by atoms with Crippen LogP contribution in [0, 0.1) is 5.92 Å². The first kappa shape index (κ1) is 11.7. The number of hydrogen-bond acceptors (Lipinski definition) is 2. The fourth-order valence-electron chi connectivity index (χ4n) is 2.21. The van der Waals surface area contributed by atoms with Crippen LogP contribution in [0.5, 0.6) is 0 Å². The SMILES string of the molecule is CC(C)CN=C(N)NC1CCN(C2CC2)C1. The summed E-state index contributed by atoms with van der Waals surface area (Å²) in [6.07, 6.45) is 3.99. The molecule has 1 saturated carbocycles. The molecule has 4 heteroatoms. The van der Waals surface area contributed by atoms with Gasteiger partial charge in [0, 0.05) is 31.7 Å². The Kier molecular flexibility index (Phi) is 3.69. The van der Waals surface area contributed by atoms with E-state index >= 15 is 0 Å². The molecule has 1 atom stereocenters. The third kappa shape index (κ3) is 3.37. The maximum atomic E-state index is 5.86. The molecule has 0 aromatic carbocycles. The number of aliphatic imine (C=N–C) groups is 1. The first-order valence-corrected chi connectivity index (χ1v) is 6.45. The van der Waals surface area contributed by atoms with Gasteiger partial charge in [-0.25, -0.2) is 0 Å². The second-order valence-corrected chi connectivity index (χ2v) is 5.48. The molecule has 2 fully saturated rings. The summed E-state index contributed by atoms with van der Waals surface area (Å²) < 4.78 is 0. The molecule has 4 nitrogen and oxygen atoms in total. The van der Waals surface area contributed by atoms with Crippen molar-refractivity contribution in [1.29, 1.82) is 0 Å². The number of nitrogens with zero attached hydrogens (tertiary/aromatic N) is 2. The van der Waals surface area contributed by atoms with Gasteiger partial charge in [0.25, 0.3) is 0 Å². The van der Waals surface area contributed by atoms with Crippen LogP contribution in [-0.4, -0.2) is 42.6 Å². The predicted octanol–water partition coefficient (Wildman–Crippen LogP) is 0.783. The molecule has 1 unspecified atom stereocenters. The Hall–Kier alpha value is -0.770. The molecule has 0 radical (unpaired) electrons. The largest absolute Gasteiger partial charge is 0.370 e. The fourth-order valence-corrected chi connectivity index (χ4v) is 2.21. The Balaban J connectivity index is 1.71. The first-order valence-electron chi connectivity index (χ1n) is 6.45. The molecule has 1 heterocycles. The van der Waals surface area contributed by atoms with Crippen LogP contribution in [0.4, 0.5) is 0 Å². The summed E-state index contributed by atoms with van der Waals surface area (Å²) in [5.74, 6) is 1.20. The lowest BCUT2D eigenvalue weighted by Crippen LogP contribution is -2.42. The highest BCUT2D eigenvalue weighted by molar-refractivity contribution is 5.78. The van der Waals surface area contributed by atoms with E-state index in [9.17, 15) is 0 Å². The number of rotatable bonds is 4. The van der Waals surface area contributed by atoms with Gasteiger partial charge in [-0.05, 0) is 25.2 Å². The summed E-state index contributed by atoms with van der Waals surface area (Å²) in [6, 6.07) is 1.39. The Morgan fingerprint density at radius 3 is 2.81 bits per heavy atom. The van der Waals surface area contributed by atoms with Gasteiger partial charge in [-0.2, -0.15) is 0 Å². The molecule has 2 aliphatic rings.